The molecule has 1 aliphatic heterocycles. The highest BCUT2D eigenvalue weighted by Gasteiger charge is 2.35. The lowest BCUT2D eigenvalue weighted by Crippen LogP contribution is -2.29. The number of halogens is 1. The molecule has 0 saturated carbocycles. The zero-order valence-electron chi connectivity index (χ0n) is 17.3. The number of rotatable bonds is 4. The standard InChI is InChI=1S/C18H17FN6O3.H3O4P/c1-10(26)16-9-25(18(27)28-16)12-4-5-13(14(19)7-12)11-3-6-15(20-8-11)17-21-23-24(2)22-17;1-5(2,3)4/h3-8,10,16,26H,9H2,1-2H3;(H3,1,2,3,4)/t10?,16-;/m1./s1. The van der Waals surface area contributed by atoms with Crippen molar-refractivity contribution in [1.29, 1.82) is 0 Å². The Morgan fingerprint density at radius 3 is 2.42 bits per heavy atom. The van der Waals surface area contributed by atoms with Crippen molar-refractivity contribution in [2.24, 2.45) is 7.05 Å². The van der Waals surface area contributed by atoms with Gasteiger partial charge in [0.2, 0.25) is 5.82 Å². The number of amides is 1. The number of carbonyl (C=O) groups excluding carboxylic acids is 1. The number of anilines is 1. The van der Waals surface area contributed by atoms with Crippen LogP contribution in [0.25, 0.3) is 22.6 Å². The van der Waals surface area contributed by atoms with Crippen LogP contribution in [0.2, 0.25) is 0 Å². The Morgan fingerprint density at radius 1 is 1.24 bits per heavy atom. The monoisotopic (exact) mass is 482 g/mol. The van der Waals surface area contributed by atoms with E-state index >= 15 is 0 Å². The number of hydrogen-bond acceptors (Lipinski definition) is 8. The lowest BCUT2D eigenvalue weighted by molar-refractivity contribution is 0.0437. The molecule has 33 heavy (non-hydrogen) atoms. The highest BCUT2D eigenvalue weighted by Crippen LogP contribution is 2.30. The Morgan fingerprint density at radius 2 is 1.94 bits per heavy atom. The molecule has 2 atom stereocenters. The number of cyclic esters (lactones) is 1. The van der Waals surface area contributed by atoms with Gasteiger partial charge >= 0.3 is 13.9 Å². The fraction of sp³-hybridized carbons (Fsp3) is 0.278. The summed E-state index contributed by atoms with van der Waals surface area (Å²) >= 11 is 0. The van der Waals surface area contributed by atoms with Crippen LogP contribution in [0.4, 0.5) is 14.9 Å². The molecule has 3 aromatic rings. The van der Waals surface area contributed by atoms with Crippen molar-refractivity contribution in [2.75, 3.05) is 11.4 Å². The average molecular weight is 482 g/mol. The quantitative estimate of drug-likeness (QED) is 0.387. The maximum Gasteiger partial charge on any atom is 0.466 e. The highest BCUT2D eigenvalue weighted by molar-refractivity contribution is 7.45. The van der Waals surface area contributed by atoms with Crippen LogP contribution in [0, 0.1) is 5.82 Å². The zero-order valence-corrected chi connectivity index (χ0v) is 18.2. The number of carbonyl (C=O) groups is 1. The molecular weight excluding hydrogens is 462 g/mol. The minimum atomic E-state index is -4.64. The van der Waals surface area contributed by atoms with Gasteiger partial charge in [-0.15, -0.1) is 10.2 Å². The Kier molecular flexibility index (Phi) is 7.15. The number of aromatic nitrogens is 5. The summed E-state index contributed by atoms with van der Waals surface area (Å²) in [6.45, 7) is 1.70. The van der Waals surface area contributed by atoms with Crippen LogP contribution in [0.3, 0.4) is 0 Å². The molecule has 176 valence electrons. The molecule has 4 N–H and O–H groups in total. The van der Waals surface area contributed by atoms with Gasteiger partial charge in [-0.1, -0.05) is 6.07 Å². The normalized spacial score (nSPS) is 16.8. The molecule has 15 heteroatoms. The predicted molar refractivity (Wildman–Crippen MR) is 111 cm³/mol. The summed E-state index contributed by atoms with van der Waals surface area (Å²) in [4.78, 5) is 40.4. The predicted octanol–water partition coefficient (Wildman–Crippen LogP) is 0.856. The van der Waals surface area contributed by atoms with Gasteiger partial charge < -0.3 is 24.5 Å². The van der Waals surface area contributed by atoms with Gasteiger partial charge in [0.05, 0.1) is 25.4 Å². The fourth-order valence-corrected chi connectivity index (χ4v) is 2.92. The van der Waals surface area contributed by atoms with Crippen molar-refractivity contribution in [3.63, 3.8) is 0 Å². The van der Waals surface area contributed by atoms with E-state index in [1.54, 1.807) is 38.2 Å². The first-order chi connectivity index (χ1) is 15.4. The smallest absolute Gasteiger partial charge is 0.441 e. The van der Waals surface area contributed by atoms with Crippen molar-refractivity contribution in [2.45, 2.75) is 19.1 Å². The van der Waals surface area contributed by atoms with Crippen LogP contribution < -0.4 is 4.90 Å². The van der Waals surface area contributed by atoms with E-state index in [4.69, 9.17) is 24.0 Å². The zero-order chi connectivity index (χ0) is 24.3. The Labute approximate surface area is 186 Å². The number of aliphatic hydroxyl groups is 1. The van der Waals surface area contributed by atoms with E-state index in [1.165, 1.54) is 22.0 Å². The van der Waals surface area contributed by atoms with E-state index in [0.29, 0.717) is 28.3 Å². The molecule has 1 saturated heterocycles. The van der Waals surface area contributed by atoms with Gasteiger partial charge in [0.25, 0.3) is 0 Å². The summed E-state index contributed by atoms with van der Waals surface area (Å²) in [5.41, 5.74) is 1.80. The van der Waals surface area contributed by atoms with Crippen LogP contribution in [0.5, 0.6) is 0 Å². The minimum Gasteiger partial charge on any atom is -0.441 e. The lowest BCUT2D eigenvalue weighted by Gasteiger charge is -2.15. The first kappa shape index (κ1) is 24.4. The summed E-state index contributed by atoms with van der Waals surface area (Å²) in [5, 5.41) is 21.3. The molecule has 0 radical (unpaired) electrons. The summed E-state index contributed by atoms with van der Waals surface area (Å²) in [7, 11) is -2.98. The van der Waals surface area contributed by atoms with E-state index < -0.39 is 31.9 Å². The molecule has 1 amide bonds. The van der Waals surface area contributed by atoms with Crippen LogP contribution in [-0.4, -0.2) is 69.8 Å². The highest BCUT2D eigenvalue weighted by atomic mass is 31.2. The van der Waals surface area contributed by atoms with Crippen molar-refractivity contribution < 1.29 is 38.3 Å². The van der Waals surface area contributed by atoms with E-state index in [9.17, 15) is 14.3 Å². The van der Waals surface area contributed by atoms with Crippen LogP contribution in [0.1, 0.15) is 6.92 Å². The van der Waals surface area contributed by atoms with E-state index in [2.05, 4.69) is 20.4 Å². The number of pyridine rings is 1. The molecule has 4 rings (SSSR count). The van der Waals surface area contributed by atoms with Crippen LogP contribution in [-0.2, 0) is 16.3 Å². The molecule has 1 fully saturated rings. The first-order valence-corrected chi connectivity index (χ1v) is 10.9. The topological polar surface area (TPSA) is 184 Å². The number of nitrogens with zero attached hydrogens (tertiary/aromatic N) is 6. The summed E-state index contributed by atoms with van der Waals surface area (Å²) in [5.74, 6) is -0.122. The van der Waals surface area contributed by atoms with Crippen molar-refractivity contribution in [3.05, 3.63) is 42.3 Å². The Hall–Kier alpha value is -3.29. The molecule has 3 heterocycles. The second kappa shape index (κ2) is 9.68. The molecule has 1 aromatic carbocycles. The molecule has 13 nitrogen and oxygen atoms in total. The molecule has 0 spiro atoms. The third-order valence-electron chi connectivity index (χ3n) is 4.45. The third kappa shape index (κ3) is 6.37. The Balaban J connectivity index is 0.000000555. The summed E-state index contributed by atoms with van der Waals surface area (Å²) in [6.07, 6.45) is -0.522. The second-order valence-electron chi connectivity index (χ2n) is 6.99. The molecular formula is C18H20FN6O7P. The van der Waals surface area contributed by atoms with Crippen molar-refractivity contribution >= 4 is 19.6 Å². The molecule has 1 unspecified atom stereocenters. The van der Waals surface area contributed by atoms with Gasteiger partial charge in [-0.3, -0.25) is 9.88 Å². The summed E-state index contributed by atoms with van der Waals surface area (Å²) in [6, 6.07) is 7.86. The van der Waals surface area contributed by atoms with E-state index in [-0.39, 0.29) is 6.54 Å². The number of ether oxygens (including phenoxy) is 1. The molecule has 1 aliphatic rings. The SMILES string of the molecule is CC(O)[C@H]1CN(c2ccc(-c3ccc(-c4nnn(C)n4)nc3)c(F)c2)C(=O)O1.O=P(O)(O)O. The third-order valence-corrected chi connectivity index (χ3v) is 4.45. The Bertz CT molecular complexity index is 1180. The lowest BCUT2D eigenvalue weighted by atomic mass is 10.1. The van der Waals surface area contributed by atoms with Gasteiger partial charge in [-0.2, -0.15) is 4.80 Å². The average Bonchev–Trinajstić information content (AvgIpc) is 3.33. The van der Waals surface area contributed by atoms with Gasteiger partial charge in [-0.05, 0) is 36.4 Å². The van der Waals surface area contributed by atoms with Crippen LogP contribution >= 0.6 is 7.82 Å². The number of aryl methyl sites for hydroxylation is 1. The van der Waals surface area contributed by atoms with E-state index in [0.717, 1.165) is 0 Å². The van der Waals surface area contributed by atoms with Crippen molar-refractivity contribution in [1.82, 2.24) is 25.2 Å². The number of benzene rings is 1. The van der Waals surface area contributed by atoms with Gasteiger partial charge in [0.1, 0.15) is 17.6 Å². The van der Waals surface area contributed by atoms with Gasteiger partial charge in [0, 0.05) is 17.3 Å². The van der Waals surface area contributed by atoms with Gasteiger partial charge in [-0.25, -0.2) is 13.8 Å². The maximum atomic E-state index is 14.7. The fourth-order valence-electron chi connectivity index (χ4n) is 2.92. The number of tetrazole rings is 1. The molecule has 2 aromatic heterocycles. The largest absolute Gasteiger partial charge is 0.466 e. The van der Waals surface area contributed by atoms with Crippen molar-refractivity contribution in [3.8, 4) is 22.6 Å². The maximum absolute atomic E-state index is 14.7. The minimum absolute atomic E-state index is 0.163. The molecule has 0 aliphatic carbocycles. The molecule has 0 bridgehead atoms. The van der Waals surface area contributed by atoms with Gasteiger partial charge in [0.15, 0.2) is 0 Å². The number of phosphoric acid groups is 1. The number of hydrogen-bond donors (Lipinski definition) is 4. The second-order valence-corrected chi connectivity index (χ2v) is 8.01. The first-order valence-electron chi connectivity index (χ1n) is 9.37. The number of aliphatic hydroxyl groups excluding tert-OH is 1. The van der Waals surface area contributed by atoms with E-state index in [1.807, 2.05) is 0 Å². The summed E-state index contributed by atoms with van der Waals surface area (Å²) < 4.78 is 28.7. The van der Waals surface area contributed by atoms with Crippen LogP contribution in [0.15, 0.2) is 36.5 Å².